The van der Waals surface area contributed by atoms with Crippen LogP contribution in [0.5, 0.6) is 0 Å². The number of nitrogens with zero attached hydrogens (tertiary/aromatic N) is 1. The summed E-state index contributed by atoms with van der Waals surface area (Å²) < 4.78 is 1.07. The van der Waals surface area contributed by atoms with Crippen LogP contribution in [-0.2, 0) is 4.79 Å². The Labute approximate surface area is 58.1 Å². The number of carbonyl (C=O) groups excluding carboxylic acids is 1. The van der Waals surface area contributed by atoms with E-state index >= 15 is 0 Å². The van der Waals surface area contributed by atoms with Gasteiger partial charge in [-0.1, -0.05) is 0 Å². The molecule has 0 aromatic carbocycles. The molecule has 2 nitrogen and oxygen atoms in total. The number of aldehydes is 1. The summed E-state index contributed by atoms with van der Waals surface area (Å²) in [4.78, 5) is 8.81. The van der Waals surface area contributed by atoms with Gasteiger partial charge in [-0.3, -0.25) is 0 Å². The Kier molecular flexibility index (Phi) is 7.32. The van der Waals surface area contributed by atoms with Gasteiger partial charge in [0.15, 0.2) is 0 Å². The minimum Gasteiger partial charge on any atom is -0.331 e. The molecule has 0 amide bonds. The molecule has 0 unspecified atom stereocenters. The van der Waals surface area contributed by atoms with Crippen LogP contribution in [0, 0.1) is 0 Å². The van der Waals surface area contributed by atoms with Crippen LogP contribution in [0.2, 0.25) is 0 Å². The first kappa shape index (κ1) is 11.4. The third-order valence-corrected chi connectivity index (χ3v) is 0.949. The zero-order valence-electron chi connectivity index (χ0n) is 7.14. The Hall–Kier alpha value is -0.370. The molecule has 2 heteroatoms. The molecule has 56 valence electrons. The van der Waals surface area contributed by atoms with Crippen LogP contribution >= 0.6 is 0 Å². The highest BCUT2D eigenvalue weighted by atomic mass is 16.1. The molecule has 0 aromatic heterocycles. The van der Waals surface area contributed by atoms with E-state index in [0.717, 1.165) is 10.8 Å². The molecular weight excluding hydrogens is 114 g/mol. The SMILES string of the molecule is CC=O.CC[N+](C)(C)C. The van der Waals surface area contributed by atoms with Crippen LogP contribution in [0.25, 0.3) is 0 Å². The molecule has 0 fully saturated rings. The predicted molar refractivity (Wildman–Crippen MR) is 40.3 cm³/mol. The van der Waals surface area contributed by atoms with E-state index in [1.165, 1.54) is 13.5 Å². The van der Waals surface area contributed by atoms with Crippen LogP contribution in [0.15, 0.2) is 0 Å². The summed E-state index contributed by atoms with van der Waals surface area (Å²) in [5.74, 6) is 0. The smallest absolute Gasteiger partial charge is 0.116 e. The molecular formula is C7H18NO+. The number of hydrogen-bond donors (Lipinski definition) is 0. The van der Waals surface area contributed by atoms with Gasteiger partial charge in [0.1, 0.15) is 6.29 Å². The normalized spacial score (nSPS) is 9.44. The van der Waals surface area contributed by atoms with Crippen molar-refractivity contribution in [3.8, 4) is 0 Å². The molecule has 0 bridgehead atoms. The van der Waals surface area contributed by atoms with E-state index in [-0.39, 0.29) is 0 Å². The molecule has 0 N–H and O–H groups in total. The molecule has 0 spiro atoms. The van der Waals surface area contributed by atoms with Crippen LogP contribution in [0.4, 0.5) is 0 Å². The molecule has 0 aromatic rings. The van der Waals surface area contributed by atoms with Crippen molar-refractivity contribution in [1.29, 1.82) is 0 Å². The zero-order valence-corrected chi connectivity index (χ0v) is 7.14. The number of quaternary nitrogens is 1. The largest absolute Gasteiger partial charge is 0.331 e. The lowest BCUT2D eigenvalue weighted by Gasteiger charge is -2.20. The third-order valence-electron chi connectivity index (χ3n) is 0.949. The fourth-order valence-corrected chi connectivity index (χ4v) is 0. The number of hydrogen-bond acceptors (Lipinski definition) is 1. The maximum absolute atomic E-state index is 8.81. The molecule has 9 heavy (non-hydrogen) atoms. The first-order chi connectivity index (χ1) is 3.97. The minimum absolute atomic E-state index is 0.750. The average Bonchev–Trinajstić information content (AvgIpc) is 1.67. The van der Waals surface area contributed by atoms with E-state index in [1.807, 2.05) is 0 Å². The fourth-order valence-electron chi connectivity index (χ4n) is 0. The highest BCUT2D eigenvalue weighted by molar-refractivity contribution is 5.44. The Morgan fingerprint density at radius 2 is 1.44 bits per heavy atom. The second-order valence-electron chi connectivity index (χ2n) is 2.84. The highest BCUT2D eigenvalue weighted by Crippen LogP contribution is 1.83. The Bertz CT molecular complexity index is 63.8. The summed E-state index contributed by atoms with van der Waals surface area (Å²) >= 11 is 0. The summed E-state index contributed by atoms with van der Waals surface area (Å²) in [5, 5.41) is 0. The van der Waals surface area contributed by atoms with Crippen molar-refractivity contribution in [2.24, 2.45) is 0 Å². The lowest BCUT2D eigenvalue weighted by atomic mass is 10.6. The summed E-state index contributed by atoms with van der Waals surface area (Å²) in [5.41, 5.74) is 0. The lowest BCUT2D eigenvalue weighted by molar-refractivity contribution is -0.868. The van der Waals surface area contributed by atoms with Gasteiger partial charge in [0.05, 0.1) is 27.7 Å². The second kappa shape index (κ2) is 5.76. The van der Waals surface area contributed by atoms with Gasteiger partial charge in [-0.15, -0.1) is 0 Å². The minimum atomic E-state index is 0.750. The van der Waals surface area contributed by atoms with Crippen molar-refractivity contribution in [2.45, 2.75) is 13.8 Å². The van der Waals surface area contributed by atoms with Gasteiger partial charge in [-0.2, -0.15) is 0 Å². The quantitative estimate of drug-likeness (QED) is 0.383. The fraction of sp³-hybridized carbons (Fsp3) is 0.857. The molecule has 0 aliphatic heterocycles. The van der Waals surface area contributed by atoms with Crippen molar-refractivity contribution in [1.82, 2.24) is 0 Å². The van der Waals surface area contributed by atoms with Gasteiger partial charge in [-0.05, 0) is 13.8 Å². The second-order valence-corrected chi connectivity index (χ2v) is 2.84. The van der Waals surface area contributed by atoms with Crippen molar-refractivity contribution < 1.29 is 9.28 Å². The third kappa shape index (κ3) is 35.0. The standard InChI is InChI=1S/C5H14N.C2H4O/c1-5-6(2,3)4;1-2-3/h5H2,1-4H3;2H,1H3/q+1;. The van der Waals surface area contributed by atoms with E-state index in [1.54, 1.807) is 0 Å². The Balaban J connectivity index is 0. The summed E-state index contributed by atoms with van der Waals surface area (Å²) in [6.45, 7) is 4.83. The van der Waals surface area contributed by atoms with Crippen molar-refractivity contribution in [3.05, 3.63) is 0 Å². The zero-order chi connectivity index (χ0) is 7.91. The molecule has 0 rings (SSSR count). The van der Waals surface area contributed by atoms with Crippen molar-refractivity contribution in [2.75, 3.05) is 27.7 Å². The van der Waals surface area contributed by atoms with E-state index in [0.29, 0.717) is 0 Å². The van der Waals surface area contributed by atoms with Crippen LogP contribution in [-0.4, -0.2) is 38.5 Å². The van der Waals surface area contributed by atoms with E-state index in [9.17, 15) is 0 Å². The van der Waals surface area contributed by atoms with Crippen molar-refractivity contribution in [3.63, 3.8) is 0 Å². The van der Waals surface area contributed by atoms with E-state index in [4.69, 9.17) is 4.79 Å². The van der Waals surface area contributed by atoms with Gasteiger partial charge in [0, 0.05) is 0 Å². The van der Waals surface area contributed by atoms with Crippen LogP contribution < -0.4 is 0 Å². The van der Waals surface area contributed by atoms with Gasteiger partial charge >= 0.3 is 0 Å². The van der Waals surface area contributed by atoms with Gasteiger partial charge in [-0.25, -0.2) is 0 Å². The van der Waals surface area contributed by atoms with Gasteiger partial charge in [0.25, 0.3) is 0 Å². The van der Waals surface area contributed by atoms with Gasteiger partial charge < -0.3 is 9.28 Å². The molecule has 0 radical (unpaired) electrons. The summed E-state index contributed by atoms with van der Waals surface area (Å²) in [6, 6.07) is 0. The Morgan fingerprint density at radius 3 is 1.44 bits per heavy atom. The van der Waals surface area contributed by atoms with E-state index in [2.05, 4.69) is 28.1 Å². The van der Waals surface area contributed by atoms with E-state index < -0.39 is 0 Å². The summed E-state index contributed by atoms with van der Waals surface area (Å²) in [7, 11) is 6.54. The maximum Gasteiger partial charge on any atom is 0.116 e. The molecule has 0 aliphatic carbocycles. The van der Waals surface area contributed by atoms with Crippen LogP contribution in [0.3, 0.4) is 0 Å². The highest BCUT2D eigenvalue weighted by Gasteiger charge is 1.97. The Morgan fingerprint density at radius 1 is 1.33 bits per heavy atom. The molecule has 0 saturated heterocycles. The number of rotatable bonds is 1. The molecule has 0 atom stereocenters. The first-order valence-electron chi connectivity index (χ1n) is 3.18. The average molecular weight is 132 g/mol. The molecule has 0 aliphatic rings. The first-order valence-corrected chi connectivity index (χ1v) is 3.18. The van der Waals surface area contributed by atoms with Crippen molar-refractivity contribution >= 4 is 6.29 Å². The maximum atomic E-state index is 8.81. The topological polar surface area (TPSA) is 17.1 Å². The predicted octanol–water partition coefficient (Wildman–Crippen LogP) is 0.918. The monoisotopic (exact) mass is 132 g/mol. The molecule has 0 saturated carbocycles. The molecule has 0 heterocycles. The number of carbonyl (C=O) groups is 1. The summed E-state index contributed by atoms with van der Waals surface area (Å²) in [6.07, 6.45) is 0.750. The van der Waals surface area contributed by atoms with Gasteiger partial charge in [0.2, 0.25) is 0 Å². The lowest BCUT2D eigenvalue weighted by Crippen LogP contribution is -2.33. The van der Waals surface area contributed by atoms with Crippen LogP contribution in [0.1, 0.15) is 13.8 Å².